The summed E-state index contributed by atoms with van der Waals surface area (Å²) in [6.07, 6.45) is 0.263. The minimum absolute atomic E-state index is 0.239. The molecule has 0 saturated heterocycles. The normalized spacial score (nSPS) is 14.5. The third-order valence-electron chi connectivity index (χ3n) is 1.94. The van der Waals surface area contributed by atoms with Gasteiger partial charge in [0, 0.05) is 17.3 Å². The van der Waals surface area contributed by atoms with Gasteiger partial charge in [-0.1, -0.05) is 20.8 Å². The van der Waals surface area contributed by atoms with Gasteiger partial charge in [0.05, 0.1) is 0 Å². The van der Waals surface area contributed by atoms with Gasteiger partial charge in [-0.2, -0.15) is 0 Å². The van der Waals surface area contributed by atoms with E-state index in [0.29, 0.717) is 12.5 Å². The molecule has 0 aliphatic carbocycles. The maximum absolute atomic E-state index is 11.5. The van der Waals surface area contributed by atoms with Gasteiger partial charge in [0.1, 0.15) is 11.0 Å². The number of hydrogen-bond acceptors (Lipinski definition) is 3. The highest BCUT2D eigenvalue weighted by molar-refractivity contribution is 7.87. The van der Waals surface area contributed by atoms with E-state index in [1.807, 2.05) is 13.8 Å². The molecule has 0 aromatic carbocycles. The zero-order valence-corrected chi connectivity index (χ0v) is 10.7. The number of carbonyl (C=O) groups excluding carboxylic acids is 1. The molecule has 0 aromatic heterocycles. The molecule has 94 valence electrons. The molecule has 0 spiro atoms. The first kappa shape index (κ1) is 15.1. The van der Waals surface area contributed by atoms with Crippen molar-refractivity contribution < 1.29 is 18.9 Å². The molecule has 0 bridgehead atoms. The molecular formula is C10H19NO4S. The maximum Gasteiger partial charge on any atom is 0.319 e. The summed E-state index contributed by atoms with van der Waals surface area (Å²) in [6, 6.07) is 0. The molecule has 0 saturated carbocycles. The van der Waals surface area contributed by atoms with Crippen LogP contribution < -0.4 is 5.32 Å². The van der Waals surface area contributed by atoms with Gasteiger partial charge in [-0.25, -0.2) is 0 Å². The van der Waals surface area contributed by atoms with Crippen molar-refractivity contribution in [3.05, 3.63) is 0 Å². The van der Waals surface area contributed by atoms with Crippen LogP contribution >= 0.6 is 0 Å². The van der Waals surface area contributed by atoms with E-state index in [0.717, 1.165) is 0 Å². The second-order valence-electron chi connectivity index (χ2n) is 3.96. The molecule has 5 nitrogen and oxygen atoms in total. The number of hydrogen-bond donors (Lipinski definition) is 2. The van der Waals surface area contributed by atoms with Crippen LogP contribution in [0.1, 0.15) is 27.2 Å². The highest BCUT2D eigenvalue weighted by Crippen LogP contribution is 2.02. The molecule has 0 aromatic rings. The molecule has 0 heterocycles. The molecule has 0 radical (unpaired) electrons. The lowest BCUT2D eigenvalue weighted by atomic mass is 10.2. The van der Waals surface area contributed by atoms with Crippen molar-refractivity contribution in [2.24, 2.45) is 5.92 Å². The van der Waals surface area contributed by atoms with Gasteiger partial charge in [-0.3, -0.25) is 13.8 Å². The summed E-state index contributed by atoms with van der Waals surface area (Å²) >= 11 is 0. The van der Waals surface area contributed by atoms with E-state index >= 15 is 0 Å². The fourth-order valence-electron chi connectivity index (χ4n) is 1.07. The first-order chi connectivity index (χ1) is 7.38. The van der Waals surface area contributed by atoms with Crippen molar-refractivity contribution in [1.82, 2.24) is 5.32 Å². The predicted molar refractivity (Wildman–Crippen MR) is 62.6 cm³/mol. The second kappa shape index (κ2) is 7.38. The predicted octanol–water partition coefficient (Wildman–Crippen LogP) is 0.370. The Morgan fingerprint density at radius 2 is 1.94 bits per heavy atom. The third kappa shape index (κ3) is 5.85. The van der Waals surface area contributed by atoms with Crippen LogP contribution in [0.5, 0.6) is 0 Å². The lowest BCUT2D eigenvalue weighted by molar-refractivity contribution is -0.136. The van der Waals surface area contributed by atoms with Gasteiger partial charge in [0.25, 0.3) is 0 Å². The van der Waals surface area contributed by atoms with Crippen LogP contribution in [0.15, 0.2) is 0 Å². The van der Waals surface area contributed by atoms with Crippen LogP contribution in [0.4, 0.5) is 0 Å². The van der Waals surface area contributed by atoms with Crippen molar-refractivity contribution >= 4 is 22.7 Å². The summed E-state index contributed by atoms with van der Waals surface area (Å²) in [7, 11) is -1.64. The van der Waals surface area contributed by atoms with Crippen LogP contribution in [0, 0.1) is 5.92 Å². The molecule has 2 N–H and O–H groups in total. The zero-order valence-electron chi connectivity index (χ0n) is 9.86. The summed E-state index contributed by atoms with van der Waals surface area (Å²) < 4.78 is 11.5. The molecule has 0 rings (SSSR count). The maximum atomic E-state index is 11.5. The van der Waals surface area contributed by atoms with Crippen LogP contribution in [0.3, 0.4) is 0 Å². The van der Waals surface area contributed by atoms with Gasteiger partial charge >= 0.3 is 5.97 Å². The number of carboxylic acid groups (broad SMARTS) is 1. The number of carbonyl (C=O) groups is 2. The zero-order chi connectivity index (χ0) is 12.7. The van der Waals surface area contributed by atoms with E-state index in [9.17, 15) is 13.8 Å². The van der Waals surface area contributed by atoms with Crippen molar-refractivity contribution in [3.63, 3.8) is 0 Å². The van der Waals surface area contributed by atoms with E-state index in [1.54, 1.807) is 6.92 Å². The minimum Gasteiger partial charge on any atom is -0.480 e. The van der Waals surface area contributed by atoms with Gasteiger partial charge in [-0.15, -0.1) is 0 Å². The number of rotatable bonds is 7. The van der Waals surface area contributed by atoms with E-state index in [1.165, 1.54) is 0 Å². The van der Waals surface area contributed by atoms with Crippen molar-refractivity contribution in [1.29, 1.82) is 0 Å². The molecule has 2 unspecified atom stereocenters. The van der Waals surface area contributed by atoms with Crippen LogP contribution in [0.2, 0.25) is 0 Å². The largest absolute Gasteiger partial charge is 0.480 e. The summed E-state index contributed by atoms with van der Waals surface area (Å²) in [5, 5.41) is 10.4. The Hall–Kier alpha value is -0.910. The van der Waals surface area contributed by atoms with Crippen LogP contribution in [-0.2, 0) is 20.4 Å². The highest BCUT2D eigenvalue weighted by atomic mass is 32.2. The highest BCUT2D eigenvalue weighted by Gasteiger charge is 2.24. The standard InChI is InChI=1S/C10H19NO4S/c1-4-8(10(13)14)16(15)6-9(12)11-5-7(2)3/h7-8H,4-6H2,1-3H3,(H,11,12)(H,13,14). The third-order valence-corrected chi connectivity index (χ3v) is 3.66. The van der Waals surface area contributed by atoms with Crippen LogP contribution in [-0.4, -0.2) is 38.7 Å². The number of amides is 1. The smallest absolute Gasteiger partial charge is 0.319 e. The first-order valence-electron chi connectivity index (χ1n) is 5.25. The van der Waals surface area contributed by atoms with E-state index < -0.39 is 22.0 Å². The Bertz CT molecular complexity index is 278. The Labute approximate surface area is 98.1 Å². The molecule has 1 amide bonds. The number of carboxylic acids is 1. The van der Waals surface area contributed by atoms with Gasteiger partial charge < -0.3 is 10.4 Å². The quantitative estimate of drug-likeness (QED) is 0.683. The molecule has 16 heavy (non-hydrogen) atoms. The Morgan fingerprint density at radius 1 is 1.38 bits per heavy atom. The fourth-order valence-corrected chi connectivity index (χ4v) is 2.23. The Balaban J connectivity index is 4.12. The van der Waals surface area contributed by atoms with Crippen molar-refractivity contribution in [2.75, 3.05) is 12.3 Å². The number of nitrogens with one attached hydrogen (secondary N) is 1. The molecule has 0 aliphatic rings. The number of aliphatic carboxylic acids is 1. The van der Waals surface area contributed by atoms with E-state index in [2.05, 4.69) is 5.32 Å². The lowest BCUT2D eigenvalue weighted by Gasteiger charge is -2.10. The lowest BCUT2D eigenvalue weighted by Crippen LogP contribution is -2.35. The average molecular weight is 249 g/mol. The molecule has 6 heteroatoms. The average Bonchev–Trinajstić information content (AvgIpc) is 2.15. The SMILES string of the molecule is CCC(C(=O)O)S(=O)CC(=O)NCC(C)C. The van der Waals surface area contributed by atoms with E-state index in [4.69, 9.17) is 5.11 Å². The fraction of sp³-hybridized carbons (Fsp3) is 0.800. The minimum atomic E-state index is -1.64. The van der Waals surface area contributed by atoms with Crippen molar-refractivity contribution in [2.45, 2.75) is 32.4 Å². The Kier molecular flexibility index (Phi) is 6.96. The van der Waals surface area contributed by atoms with Gasteiger partial charge in [0.2, 0.25) is 5.91 Å². The molecular weight excluding hydrogens is 230 g/mol. The first-order valence-corrected chi connectivity index (χ1v) is 6.63. The summed E-state index contributed by atoms with van der Waals surface area (Å²) in [6.45, 7) is 6.05. The molecule has 0 aliphatic heterocycles. The second-order valence-corrected chi connectivity index (χ2v) is 5.58. The Morgan fingerprint density at radius 3 is 2.31 bits per heavy atom. The summed E-state index contributed by atoms with van der Waals surface area (Å²) in [5.41, 5.74) is 0. The van der Waals surface area contributed by atoms with E-state index in [-0.39, 0.29) is 18.1 Å². The van der Waals surface area contributed by atoms with Crippen LogP contribution in [0.25, 0.3) is 0 Å². The van der Waals surface area contributed by atoms with Gasteiger partial charge in [0.15, 0.2) is 0 Å². The van der Waals surface area contributed by atoms with Crippen molar-refractivity contribution in [3.8, 4) is 0 Å². The topological polar surface area (TPSA) is 83.5 Å². The summed E-state index contributed by atoms with van der Waals surface area (Å²) in [5.74, 6) is -1.39. The molecule has 2 atom stereocenters. The van der Waals surface area contributed by atoms with Gasteiger partial charge in [-0.05, 0) is 12.3 Å². The molecule has 0 fully saturated rings. The monoisotopic (exact) mass is 249 g/mol. The summed E-state index contributed by atoms with van der Waals surface area (Å²) in [4.78, 5) is 22.0.